The van der Waals surface area contributed by atoms with Crippen LogP contribution in [0.4, 0.5) is 4.79 Å². The molecule has 3 aromatic rings. The third-order valence-electron chi connectivity index (χ3n) is 5.06. The monoisotopic (exact) mass is 487 g/mol. The van der Waals surface area contributed by atoms with Gasteiger partial charge in [-0.1, -0.05) is 30.3 Å². The van der Waals surface area contributed by atoms with E-state index in [-0.39, 0.29) is 13.2 Å². The second-order valence-electron chi connectivity index (χ2n) is 7.61. The fourth-order valence-electron chi connectivity index (χ4n) is 3.31. The van der Waals surface area contributed by atoms with Gasteiger partial charge in [0.25, 0.3) is 10.2 Å². The number of hydrogen-bond acceptors (Lipinski definition) is 6. The van der Waals surface area contributed by atoms with Crippen LogP contribution in [0.25, 0.3) is 11.4 Å². The van der Waals surface area contributed by atoms with Crippen molar-refractivity contribution in [1.29, 1.82) is 0 Å². The van der Waals surface area contributed by atoms with Gasteiger partial charge in [0.15, 0.2) is 0 Å². The largest absolute Gasteiger partial charge is 0.497 e. The number of amides is 1. The van der Waals surface area contributed by atoms with Crippen LogP contribution in [0, 0.1) is 0 Å². The summed E-state index contributed by atoms with van der Waals surface area (Å²) in [5.74, 6) is 1.39. The van der Waals surface area contributed by atoms with Crippen molar-refractivity contribution in [2.24, 2.45) is 5.14 Å². The predicted octanol–water partition coefficient (Wildman–Crippen LogP) is 3.02. The molecule has 0 saturated heterocycles. The highest BCUT2D eigenvalue weighted by Crippen LogP contribution is 2.24. The Bertz CT molecular complexity index is 1150. The fourth-order valence-corrected chi connectivity index (χ4v) is 3.74. The van der Waals surface area contributed by atoms with Crippen molar-refractivity contribution in [2.75, 3.05) is 13.7 Å². The lowest BCUT2D eigenvalue weighted by Crippen LogP contribution is -2.32. The molecule has 34 heavy (non-hydrogen) atoms. The molecule has 0 radical (unpaired) electrons. The van der Waals surface area contributed by atoms with Gasteiger partial charge in [-0.3, -0.25) is 0 Å². The summed E-state index contributed by atoms with van der Waals surface area (Å²) in [6, 6.07) is 16.4. The van der Waals surface area contributed by atoms with Gasteiger partial charge < -0.3 is 19.8 Å². The Morgan fingerprint density at radius 2 is 1.85 bits per heavy atom. The Morgan fingerprint density at radius 1 is 1.12 bits per heavy atom. The number of alkyl carbamates (subject to hydrolysis) is 1. The van der Waals surface area contributed by atoms with Crippen LogP contribution >= 0.6 is 0 Å². The topological polar surface area (TPSA) is 148 Å². The van der Waals surface area contributed by atoms with Crippen molar-refractivity contribution < 1.29 is 22.7 Å². The number of carbonyl (C=O) groups excluding carboxylic acids is 1. The number of nitrogens with zero attached hydrogens (tertiary/aromatic N) is 1. The first-order valence-corrected chi connectivity index (χ1v) is 12.3. The van der Waals surface area contributed by atoms with E-state index >= 15 is 0 Å². The van der Waals surface area contributed by atoms with E-state index in [1.807, 2.05) is 54.6 Å². The van der Waals surface area contributed by atoms with Gasteiger partial charge in [0.05, 0.1) is 25.0 Å². The molecular formula is C23H29N5O5S. The van der Waals surface area contributed by atoms with E-state index in [1.165, 1.54) is 0 Å². The molecule has 2 aromatic carbocycles. The smallest absolute Gasteiger partial charge is 0.408 e. The molecular weight excluding hydrogens is 458 g/mol. The van der Waals surface area contributed by atoms with Crippen molar-refractivity contribution >= 4 is 16.3 Å². The number of imidazole rings is 1. The molecule has 0 unspecified atom stereocenters. The summed E-state index contributed by atoms with van der Waals surface area (Å²) in [6.45, 7) is 0.363. The summed E-state index contributed by atoms with van der Waals surface area (Å²) in [6.07, 6.45) is 2.83. The van der Waals surface area contributed by atoms with Crippen LogP contribution in [0.3, 0.4) is 0 Å². The van der Waals surface area contributed by atoms with Crippen molar-refractivity contribution in [1.82, 2.24) is 20.0 Å². The van der Waals surface area contributed by atoms with E-state index in [4.69, 9.17) is 14.6 Å². The van der Waals surface area contributed by atoms with Gasteiger partial charge in [-0.2, -0.15) is 8.42 Å². The second kappa shape index (κ2) is 12.2. The molecule has 1 heterocycles. The lowest BCUT2D eigenvalue weighted by Gasteiger charge is -2.17. The van der Waals surface area contributed by atoms with Crippen molar-refractivity contribution in [3.8, 4) is 17.1 Å². The number of nitrogens with two attached hydrogens (primary N) is 1. The summed E-state index contributed by atoms with van der Waals surface area (Å²) in [7, 11) is -2.12. The Balaban J connectivity index is 1.65. The molecule has 0 aliphatic heterocycles. The molecule has 1 atom stereocenters. The van der Waals surface area contributed by atoms with Gasteiger partial charge in [-0.05, 0) is 49.1 Å². The SMILES string of the molecule is COc1ccc(-c2ncc([C@H](CCCCNS(N)(=O)=O)NC(=O)OCc3ccccc3)[nH]2)cc1. The molecule has 0 aliphatic rings. The van der Waals surface area contributed by atoms with E-state index in [2.05, 4.69) is 20.0 Å². The highest BCUT2D eigenvalue weighted by Gasteiger charge is 2.18. The normalized spacial score (nSPS) is 12.2. The highest BCUT2D eigenvalue weighted by atomic mass is 32.2. The lowest BCUT2D eigenvalue weighted by atomic mass is 10.1. The van der Waals surface area contributed by atoms with Crippen LogP contribution in [0.15, 0.2) is 60.8 Å². The third kappa shape index (κ3) is 8.18. The molecule has 10 nitrogen and oxygen atoms in total. The Morgan fingerprint density at radius 3 is 2.53 bits per heavy atom. The standard InChI is InChI=1S/C23H29N5O5S/c1-32-19-12-10-18(11-13-19)22-25-15-21(27-22)20(9-5-6-14-26-34(24,30)31)28-23(29)33-16-17-7-3-2-4-8-17/h2-4,7-8,10-13,15,20,26H,5-6,9,14,16H2,1H3,(H,25,27)(H,28,29)(H2,24,30,31)/t20-/m0/s1. The Hall–Kier alpha value is -3.41. The Labute approximate surface area is 199 Å². The third-order valence-corrected chi connectivity index (χ3v) is 5.67. The molecule has 5 N–H and O–H groups in total. The number of nitrogens with one attached hydrogen (secondary N) is 3. The predicted molar refractivity (Wildman–Crippen MR) is 128 cm³/mol. The molecule has 0 aliphatic carbocycles. The number of aromatic nitrogens is 2. The molecule has 11 heteroatoms. The molecule has 1 aromatic heterocycles. The van der Waals surface area contributed by atoms with Crippen LogP contribution < -0.4 is 19.9 Å². The number of carbonyl (C=O) groups is 1. The molecule has 0 fully saturated rings. The Kier molecular flexibility index (Phi) is 9.02. The zero-order chi connectivity index (χ0) is 24.4. The number of methoxy groups -OCH3 is 1. The quantitative estimate of drug-likeness (QED) is 0.289. The zero-order valence-corrected chi connectivity index (χ0v) is 19.7. The van der Waals surface area contributed by atoms with E-state index in [1.54, 1.807) is 13.3 Å². The van der Waals surface area contributed by atoms with Crippen molar-refractivity contribution in [2.45, 2.75) is 31.9 Å². The van der Waals surface area contributed by atoms with Gasteiger partial charge in [0.1, 0.15) is 18.2 Å². The summed E-state index contributed by atoms with van der Waals surface area (Å²) in [5.41, 5.74) is 2.46. The van der Waals surface area contributed by atoms with E-state index in [0.717, 1.165) is 16.9 Å². The van der Waals surface area contributed by atoms with Crippen LogP contribution in [0.5, 0.6) is 5.75 Å². The summed E-state index contributed by atoms with van der Waals surface area (Å²) >= 11 is 0. The van der Waals surface area contributed by atoms with Crippen LogP contribution in [0.2, 0.25) is 0 Å². The summed E-state index contributed by atoms with van der Waals surface area (Å²) < 4.78 is 34.9. The highest BCUT2D eigenvalue weighted by molar-refractivity contribution is 7.87. The second-order valence-corrected chi connectivity index (χ2v) is 8.99. The first-order valence-electron chi connectivity index (χ1n) is 10.8. The average Bonchev–Trinajstić information content (AvgIpc) is 3.32. The van der Waals surface area contributed by atoms with Crippen molar-refractivity contribution in [3.05, 3.63) is 72.1 Å². The molecule has 1 amide bonds. The number of aromatic amines is 1. The van der Waals surface area contributed by atoms with Crippen LogP contribution in [-0.2, 0) is 21.6 Å². The molecule has 182 valence electrons. The fraction of sp³-hybridized carbons (Fsp3) is 0.304. The first-order chi connectivity index (χ1) is 16.3. The maximum absolute atomic E-state index is 12.5. The lowest BCUT2D eigenvalue weighted by molar-refractivity contribution is 0.134. The van der Waals surface area contributed by atoms with E-state index in [0.29, 0.717) is 30.8 Å². The van der Waals surface area contributed by atoms with Gasteiger partial charge in [0.2, 0.25) is 0 Å². The maximum atomic E-state index is 12.5. The van der Waals surface area contributed by atoms with E-state index in [9.17, 15) is 13.2 Å². The minimum Gasteiger partial charge on any atom is -0.497 e. The van der Waals surface area contributed by atoms with Crippen molar-refractivity contribution in [3.63, 3.8) is 0 Å². The molecule has 0 spiro atoms. The first kappa shape index (κ1) is 25.2. The number of hydrogen-bond donors (Lipinski definition) is 4. The zero-order valence-electron chi connectivity index (χ0n) is 18.9. The van der Waals surface area contributed by atoms with Gasteiger partial charge in [0, 0.05) is 12.1 Å². The number of unbranched alkanes of at least 4 members (excludes halogenated alkanes) is 1. The minimum absolute atomic E-state index is 0.151. The summed E-state index contributed by atoms with van der Waals surface area (Å²) in [4.78, 5) is 20.2. The molecule has 0 saturated carbocycles. The van der Waals surface area contributed by atoms with Gasteiger partial charge in [-0.25, -0.2) is 19.6 Å². The van der Waals surface area contributed by atoms with Crippen LogP contribution in [0.1, 0.15) is 36.6 Å². The molecule has 3 rings (SSSR count). The maximum Gasteiger partial charge on any atom is 0.408 e. The van der Waals surface area contributed by atoms with Gasteiger partial charge in [-0.15, -0.1) is 0 Å². The summed E-state index contributed by atoms with van der Waals surface area (Å²) in [5, 5.41) is 7.84. The average molecular weight is 488 g/mol. The van der Waals surface area contributed by atoms with Crippen LogP contribution in [-0.4, -0.2) is 38.1 Å². The molecule has 0 bridgehead atoms. The number of ether oxygens (including phenoxy) is 2. The minimum atomic E-state index is -3.73. The number of H-pyrrole nitrogens is 1. The number of benzene rings is 2. The number of rotatable bonds is 12. The van der Waals surface area contributed by atoms with Gasteiger partial charge >= 0.3 is 6.09 Å². The van der Waals surface area contributed by atoms with E-state index < -0.39 is 22.3 Å².